The molecule has 1 aliphatic heterocycles. The summed E-state index contributed by atoms with van der Waals surface area (Å²) in [7, 11) is 1.36. The summed E-state index contributed by atoms with van der Waals surface area (Å²) in [6.07, 6.45) is 1.32. The minimum Gasteiger partial charge on any atom is -0.303 e. The van der Waals surface area contributed by atoms with E-state index >= 15 is 0 Å². The maximum absolute atomic E-state index is 13.3. The highest BCUT2D eigenvalue weighted by molar-refractivity contribution is 6.13. The number of hydrogen-bond acceptors (Lipinski definition) is 2. The lowest BCUT2D eigenvalue weighted by molar-refractivity contribution is -0.121. The first-order valence-corrected chi connectivity index (χ1v) is 4.65. The largest absolute Gasteiger partial charge is 0.328 e. The smallest absolute Gasteiger partial charge is 0.303 e. The van der Waals surface area contributed by atoms with Gasteiger partial charge in [0.2, 0.25) is 0 Å². The third-order valence-corrected chi connectivity index (χ3v) is 2.29. The molecule has 1 aromatic carbocycles. The lowest BCUT2D eigenvalue weighted by Crippen LogP contribution is -2.25. The zero-order chi connectivity index (χ0) is 11.7. The van der Waals surface area contributed by atoms with Crippen molar-refractivity contribution in [1.29, 1.82) is 0 Å². The van der Waals surface area contributed by atoms with E-state index in [2.05, 4.69) is 5.32 Å². The molecule has 0 atom stereocenters. The van der Waals surface area contributed by atoms with Crippen LogP contribution in [0.4, 0.5) is 9.18 Å². The molecule has 0 aliphatic carbocycles. The van der Waals surface area contributed by atoms with Crippen LogP contribution in [0.25, 0.3) is 6.08 Å². The Kier molecular flexibility index (Phi) is 2.44. The monoisotopic (exact) mass is 220 g/mol. The molecule has 2 rings (SSSR count). The molecule has 1 saturated heterocycles. The van der Waals surface area contributed by atoms with Gasteiger partial charge in [-0.05, 0) is 12.1 Å². The van der Waals surface area contributed by atoms with Gasteiger partial charge in [0.25, 0.3) is 5.91 Å². The van der Waals surface area contributed by atoms with Gasteiger partial charge in [0.15, 0.2) is 0 Å². The van der Waals surface area contributed by atoms with Crippen molar-refractivity contribution in [2.24, 2.45) is 0 Å². The van der Waals surface area contributed by atoms with E-state index in [4.69, 9.17) is 0 Å². The molecular formula is C11H9FN2O2. The number of hydrogen-bond donors (Lipinski definition) is 1. The third-order valence-electron chi connectivity index (χ3n) is 2.29. The quantitative estimate of drug-likeness (QED) is 0.573. The van der Waals surface area contributed by atoms with Crippen LogP contribution in [-0.2, 0) is 4.79 Å². The van der Waals surface area contributed by atoms with Gasteiger partial charge in [0.1, 0.15) is 11.5 Å². The summed E-state index contributed by atoms with van der Waals surface area (Å²) in [4.78, 5) is 23.5. The second kappa shape index (κ2) is 3.77. The molecule has 1 heterocycles. The Balaban J connectivity index is 2.37. The minimum absolute atomic E-state index is 0.0811. The molecule has 82 valence electrons. The number of nitrogens with one attached hydrogen (secondary N) is 1. The van der Waals surface area contributed by atoms with E-state index in [0.717, 1.165) is 4.90 Å². The SMILES string of the molecule is CN1C(=O)N/C(=C\c2ccccc2F)C1=O. The summed E-state index contributed by atoms with van der Waals surface area (Å²) >= 11 is 0. The van der Waals surface area contributed by atoms with E-state index in [0.29, 0.717) is 0 Å². The molecule has 3 amide bonds. The van der Waals surface area contributed by atoms with Crippen LogP contribution in [-0.4, -0.2) is 23.9 Å². The molecule has 0 radical (unpaired) electrons. The van der Waals surface area contributed by atoms with Crippen LogP contribution in [0.3, 0.4) is 0 Å². The van der Waals surface area contributed by atoms with Gasteiger partial charge in [-0.1, -0.05) is 18.2 Å². The molecule has 1 aliphatic rings. The summed E-state index contributed by atoms with van der Waals surface area (Å²) < 4.78 is 13.3. The van der Waals surface area contributed by atoms with Crippen molar-refractivity contribution in [3.05, 3.63) is 41.3 Å². The number of rotatable bonds is 1. The maximum atomic E-state index is 13.3. The highest BCUT2D eigenvalue weighted by Gasteiger charge is 2.30. The molecule has 1 aromatic rings. The first-order chi connectivity index (χ1) is 7.59. The molecule has 0 bridgehead atoms. The number of halogens is 1. The molecule has 4 nitrogen and oxygen atoms in total. The van der Waals surface area contributed by atoms with Crippen LogP contribution >= 0.6 is 0 Å². The van der Waals surface area contributed by atoms with Gasteiger partial charge in [0, 0.05) is 12.6 Å². The molecule has 0 spiro atoms. The number of carbonyl (C=O) groups excluding carboxylic acids is 2. The van der Waals surface area contributed by atoms with Gasteiger partial charge < -0.3 is 5.32 Å². The van der Waals surface area contributed by atoms with Crippen molar-refractivity contribution in [2.75, 3.05) is 7.05 Å². The Labute approximate surface area is 91.4 Å². The molecule has 16 heavy (non-hydrogen) atoms. The Morgan fingerprint density at radius 3 is 2.56 bits per heavy atom. The van der Waals surface area contributed by atoms with Gasteiger partial charge in [-0.2, -0.15) is 0 Å². The second-order valence-electron chi connectivity index (χ2n) is 3.37. The average Bonchev–Trinajstić information content (AvgIpc) is 2.50. The summed E-state index contributed by atoms with van der Waals surface area (Å²) in [6.45, 7) is 0. The normalized spacial score (nSPS) is 18.1. The van der Waals surface area contributed by atoms with Crippen LogP contribution in [0.2, 0.25) is 0 Å². The minimum atomic E-state index is -0.507. The van der Waals surface area contributed by atoms with Crippen LogP contribution in [0.15, 0.2) is 30.0 Å². The molecular weight excluding hydrogens is 211 g/mol. The van der Waals surface area contributed by atoms with E-state index in [1.807, 2.05) is 0 Å². The van der Waals surface area contributed by atoms with Crippen LogP contribution in [0, 0.1) is 5.82 Å². The lowest BCUT2D eigenvalue weighted by atomic mass is 10.2. The summed E-state index contributed by atoms with van der Waals surface area (Å²) in [5.41, 5.74) is 0.346. The lowest BCUT2D eigenvalue weighted by Gasteiger charge is -2.00. The third kappa shape index (κ3) is 1.67. The van der Waals surface area contributed by atoms with Gasteiger partial charge in [-0.25, -0.2) is 9.18 Å². The van der Waals surface area contributed by atoms with Crippen molar-refractivity contribution in [2.45, 2.75) is 0 Å². The Morgan fingerprint density at radius 1 is 1.31 bits per heavy atom. The van der Waals surface area contributed by atoms with Crippen LogP contribution < -0.4 is 5.32 Å². The second-order valence-corrected chi connectivity index (χ2v) is 3.37. The van der Waals surface area contributed by atoms with Gasteiger partial charge in [-0.3, -0.25) is 9.69 Å². The molecule has 0 aromatic heterocycles. The Morgan fingerprint density at radius 2 is 2.00 bits per heavy atom. The molecule has 1 N–H and O–H groups in total. The number of benzene rings is 1. The van der Waals surface area contributed by atoms with E-state index in [1.165, 1.54) is 25.3 Å². The predicted octanol–water partition coefficient (Wildman–Crippen LogP) is 1.35. The van der Waals surface area contributed by atoms with E-state index in [9.17, 15) is 14.0 Å². The van der Waals surface area contributed by atoms with Gasteiger partial charge in [0.05, 0.1) is 0 Å². The Bertz CT molecular complexity index is 497. The fraction of sp³-hybridized carbons (Fsp3) is 0.0909. The van der Waals surface area contributed by atoms with E-state index in [-0.39, 0.29) is 11.3 Å². The van der Waals surface area contributed by atoms with Crippen LogP contribution in [0.5, 0.6) is 0 Å². The summed E-state index contributed by atoms with van der Waals surface area (Å²) in [5, 5.41) is 2.36. The predicted molar refractivity (Wildman–Crippen MR) is 55.7 cm³/mol. The fourth-order valence-corrected chi connectivity index (χ4v) is 1.37. The van der Waals surface area contributed by atoms with Gasteiger partial charge in [-0.15, -0.1) is 0 Å². The standard InChI is InChI=1S/C11H9FN2O2/c1-14-10(15)9(13-11(14)16)6-7-4-2-3-5-8(7)12/h2-6H,1H3,(H,13,16)/b9-6-. The topological polar surface area (TPSA) is 49.4 Å². The number of likely N-dealkylation sites (N-methyl/N-ethyl adjacent to an activating group) is 1. The maximum Gasteiger partial charge on any atom is 0.328 e. The fourth-order valence-electron chi connectivity index (χ4n) is 1.37. The van der Waals surface area contributed by atoms with Crippen molar-refractivity contribution >= 4 is 18.0 Å². The highest BCUT2D eigenvalue weighted by Crippen LogP contribution is 2.14. The zero-order valence-corrected chi connectivity index (χ0v) is 8.53. The average molecular weight is 220 g/mol. The van der Waals surface area contributed by atoms with Crippen molar-refractivity contribution in [1.82, 2.24) is 10.2 Å². The molecule has 0 saturated carbocycles. The highest BCUT2D eigenvalue weighted by atomic mass is 19.1. The van der Waals surface area contributed by atoms with E-state index < -0.39 is 17.8 Å². The Hall–Kier alpha value is -2.17. The zero-order valence-electron chi connectivity index (χ0n) is 8.53. The number of carbonyl (C=O) groups is 2. The number of nitrogens with zero attached hydrogens (tertiary/aromatic N) is 1. The molecule has 0 unspecified atom stereocenters. The molecule has 1 fully saturated rings. The van der Waals surface area contributed by atoms with Crippen molar-refractivity contribution in [3.8, 4) is 0 Å². The number of imide groups is 1. The first kappa shape index (κ1) is 10.4. The molecule has 5 heteroatoms. The number of urea groups is 1. The van der Waals surface area contributed by atoms with Crippen molar-refractivity contribution in [3.63, 3.8) is 0 Å². The van der Waals surface area contributed by atoms with Gasteiger partial charge >= 0.3 is 6.03 Å². The van der Waals surface area contributed by atoms with Crippen molar-refractivity contribution < 1.29 is 14.0 Å². The van der Waals surface area contributed by atoms with Crippen LogP contribution in [0.1, 0.15) is 5.56 Å². The first-order valence-electron chi connectivity index (χ1n) is 4.65. The van der Waals surface area contributed by atoms with E-state index in [1.54, 1.807) is 12.1 Å². The summed E-state index contributed by atoms with van der Waals surface area (Å²) in [6, 6.07) is 5.52. The summed E-state index contributed by atoms with van der Waals surface area (Å²) in [5.74, 6) is -0.903. The number of amides is 3.